The Labute approximate surface area is 186 Å². The van der Waals surface area contributed by atoms with E-state index in [-0.39, 0.29) is 24.6 Å². The maximum Gasteiger partial charge on any atom is 0.190 e. The van der Waals surface area contributed by atoms with Crippen LogP contribution in [0.15, 0.2) is 72.9 Å². The lowest BCUT2D eigenvalue weighted by Crippen LogP contribution is -2.40. The van der Waals surface area contributed by atoms with Crippen LogP contribution in [0.4, 0.5) is 10.1 Å². The molecule has 0 aliphatic rings. The predicted molar refractivity (Wildman–Crippen MR) is 124 cm³/mol. The summed E-state index contributed by atoms with van der Waals surface area (Å²) in [4.78, 5) is 16.4. The van der Waals surface area contributed by atoms with Crippen LogP contribution in [0.25, 0.3) is 26.9 Å². The molecule has 1 N–H and O–H groups in total. The van der Waals surface area contributed by atoms with Gasteiger partial charge in [-0.3, -0.25) is 4.79 Å². The summed E-state index contributed by atoms with van der Waals surface area (Å²) in [5, 5.41) is 11.7. The first-order valence-corrected chi connectivity index (χ1v) is 10.3. The minimum absolute atomic E-state index is 0.0499. The van der Waals surface area contributed by atoms with E-state index in [1.807, 2.05) is 37.3 Å². The first-order chi connectivity index (χ1) is 15.3. The quantitative estimate of drug-likeness (QED) is 0.392. The van der Waals surface area contributed by atoms with Crippen molar-refractivity contribution in [3.63, 3.8) is 0 Å². The normalized spacial score (nSPS) is 13.0. The fraction of sp³-hybridized carbons (Fsp3) is 0.185. The number of ketones is 1. The van der Waals surface area contributed by atoms with E-state index >= 15 is 0 Å². The molecule has 0 amide bonds. The topological polar surface area (TPSA) is 46.6 Å². The summed E-state index contributed by atoms with van der Waals surface area (Å²) < 4.78 is 16.5. The van der Waals surface area contributed by atoms with E-state index in [0.717, 1.165) is 22.2 Å². The third-order valence-corrected chi connectivity index (χ3v) is 5.77. The van der Waals surface area contributed by atoms with Crippen molar-refractivity contribution in [3.8, 4) is 11.1 Å². The second kappa shape index (κ2) is 8.41. The summed E-state index contributed by atoms with van der Waals surface area (Å²) in [5.74, 6) is -0.637. The van der Waals surface area contributed by atoms with E-state index in [1.165, 1.54) is 13.0 Å². The number of nitrogens with zero attached hydrogens (tertiary/aromatic N) is 2. The van der Waals surface area contributed by atoms with Gasteiger partial charge in [-0.2, -0.15) is 0 Å². The molecule has 4 aromatic rings. The number of carbonyl (C=O) groups is 1. The Morgan fingerprint density at radius 1 is 1.12 bits per heavy atom. The molecule has 1 atom stereocenters. The van der Waals surface area contributed by atoms with Crippen molar-refractivity contribution in [2.75, 3.05) is 0 Å². The van der Waals surface area contributed by atoms with Crippen LogP contribution in [-0.4, -0.2) is 21.1 Å². The SMILES string of the molecule is [C-]#[N+]c1ccc(CC(=O)[C@@](C)(O)Cn2ccc3cc(F)c(-c4ccccc4)cc32)cc1C. The summed E-state index contributed by atoms with van der Waals surface area (Å²) in [6.45, 7) is 10.5. The van der Waals surface area contributed by atoms with Gasteiger partial charge in [0.1, 0.15) is 11.4 Å². The van der Waals surface area contributed by atoms with Gasteiger partial charge in [0, 0.05) is 29.1 Å². The fourth-order valence-corrected chi connectivity index (χ4v) is 3.94. The number of aliphatic hydroxyl groups is 1. The molecule has 0 spiro atoms. The molecular formula is C27H23FN2O2. The number of halogens is 1. The molecule has 0 saturated heterocycles. The number of carbonyl (C=O) groups excluding carboxylic acids is 1. The van der Waals surface area contributed by atoms with Crippen LogP contribution in [-0.2, 0) is 17.8 Å². The molecule has 0 saturated carbocycles. The van der Waals surface area contributed by atoms with Crippen molar-refractivity contribution in [2.45, 2.75) is 32.4 Å². The second-order valence-corrected chi connectivity index (χ2v) is 8.31. The minimum Gasteiger partial charge on any atom is -0.380 e. The lowest BCUT2D eigenvalue weighted by molar-refractivity contribution is -0.136. The summed E-state index contributed by atoms with van der Waals surface area (Å²) in [6, 6.07) is 19.5. The first kappa shape index (κ1) is 21.5. The summed E-state index contributed by atoms with van der Waals surface area (Å²) in [6.07, 6.45) is 1.82. The van der Waals surface area contributed by atoms with Gasteiger partial charge in [0.25, 0.3) is 0 Å². The van der Waals surface area contributed by atoms with E-state index in [1.54, 1.807) is 41.1 Å². The smallest absolute Gasteiger partial charge is 0.190 e. The average Bonchev–Trinajstić information content (AvgIpc) is 3.14. The number of benzene rings is 3. The molecule has 3 aromatic carbocycles. The third kappa shape index (κ3) is 4.18. The van der Waals surface area contributed by atoms with Crippen molar-refractivity contribution >= 4 is 22.4 Å². The van der Waals surface area contributed by atoms with Gasteiger partial charge in [0.05, 0.1) is 13.1 Å². The molecule has 160 valence electrons. The van der Waals surface area contributed by atoms with Crippen molar-refractivity contribution in [3.05, 3.63) is 101 Å². The zero-order chi connectivity index (χ0) is 22.9. The molecule has 0 bridgehead atoms. The van der Waals surface area contributed by atoms with Crippen molar-refractivity contribution < 1.29 is 14.3 Å². The van der Waals surface area contributed by atoms with Gasteiger partial charge in [0.15, 0.2) is 11.5 Å². The molecular weight excluding hydrogens is 403 g/mol. The van der Waals surface area contributed by atoms with Crippen LogP contribution in [0.5, 0.6) is 0 Å². The van der Waals surface area contributed by atoms with Crippen molar-refractivity contribution in [1.82, 2.24) is 4.57 Å². The van der Waals surface area contributed by atoms with Gasteiger partial charge < -0.3 is 9.67 Å². The van der Waals surface area contributed by atoms with Gasteiger partial charge >= 0.3 is 0 Å². The maximum absolute atomic E-state index is 14.7. The van der Waals surface area contributed by atoms with Crippen LogP contribution >= 0.6 is 0 Å². The molecule has 4 rings (SSSR count). The molecule has 0 aliphatic carbocycles. The highest BCUT2D eigenvalue weighted by Crippen LogP contribution is 2.29. The summed E-state index contributed by atoms with van der Waals surface area (Å²) in [5.41, 5.74) is 2.48. The fourth-order valence-electron chi connectivity index (χ4n) is 3.94. The van der Waals surface area contributed by atoms with Crippen molar-refractivity contribution in [2.24, 2.45) is 0 Å². The molecule has 0 unspecified atom stereocenters. The lowest BCUT2D eigenvalue weighted by Gasteiger charge is -2.23. The number of fused-ring (bicyclic) bond motifs is 1. The molecule has 0 fully saturated rings. The molecule has 0 aliphatic heterocycles. The number of hydrogen-bond acceptors (Lipinski definition) is 2. The van der Waals surface area contributed by atoms with Crippen LogP contribution in [0.2, 0.25) is 0 Å². The lowest BCUT2D eigenvalue weighted by atomic mass is 9.94. The van der Waals surface area contributed by atoms with Crippen LogP contribution in [0.1, 0.15) is 18.1 Å². The van der Waals surface area contributed by atoms with E-state index in [2.05, 4.69) is 4.85 Å². The molecule has 32 heavy (non-hydrogen) atoms. The Morgan fingerprint density at radius 3 is 2.56 bits per heavy atom. The van der Waals surface area contributed by atoms with Gasteiger partial charge in [-0.1, -0.05) is 48.5 Å². The molecule has 0 radical (unpaired) electrons. The van der Waals surface area contributed by atoms with Gasteiger partial charge in [0.2, 0.25) is 0 Å². The zero-order valence-corrected chi connectivity index (χ0v) is 18.0. The largest absolute Gasteiger partial charge is 0.380 e. The molecule has 1 aromatic heterocycles. The van der Waals surface area contributed by atoms with Crippen LogP contribution in [0, 0.1) is 19.3 Å². The Kier molecular flexibility index (Phi) is 5.65. The van der Waals surface area contributed by atoms with E-state index in [0.29, 0.717) is 16.6 Å². The standard InChI is InChI=1S/C27H23FN2O2/c1-18-13-19(9-10-24(18)29-3)14-26(31)27(2,32)17-30-12-11-21-15-23(28)22(16-25(21)30)20-7-5-4-6-8-20/h4-13,15-16,32H,14,17H2,1-2H3/t27-/m0/s1. The number of hydrogen-bond donors (Lipinski definition) is 1. The third-order valence-electron chi connectivity index (χ3n) is 5.77. The number of Topliss-reactive ketones (excluding diaryl/α,β-unsaturated/α-hetero) is 1. The summed E-state index contributed by atoms with van der Waals surface area (Å²) >= 11 is 0. The average molecular weight is 426 g/mol. The number of rotatable bonds is 6. The summed E-state index contributed by atoms with van der Waals surface area (Å²) in [7, 11) is 0. The van der Waals surface area contributed by atoms with Gasteiger partial charge in [-0.25, -0.2) is 9.24 Å². The Morgan fingerprint density at radius 2 is 1.88 bits per heavy atom. The van der Waals surface area contributed by atoms with Gasteiger partial charge in [-0.05, 0) is 48.7 Å². The Bertz CT molecular complexity index is 1350. The van der Waals surface area contributed by atoms with E-state index in [9.17, 15) is 14.3 Å². The highest BCUT2D eigenvalue weighted by atomic mass is 19.1. The predicted octanol–water partition coefficient (Wildman–Crippen LogP) is 5.87. The van der Waals surface area contributed by atoms with Crippen LogP contribution < -0.4 is 0 Å². The minimum atomic E-state index is -1.61. The van der Waals surface area contributed by atoms with Crippen LogP contribution in [0.3, 0.4) is 0 Å². The second-order valence-electron chi connectivity index (χ2n) is 8.31. The molecule has 5 heteroatoms. The monoisotopic (exact) mass is 426 g/mol. The van der Waals surface area contributed by atoms with Gasteiger partial charge in [-0.15, -0.1) is 0 Å². The Hall–Kier alpha value is -3.75. The van der Waals surface area contributed by atoms with Crippen molar-refractivity contribution in [1.29, 1.82) is 0 Å². The first-order valence-electron chi connectivity index (χ1n) is 10.3. The number of aromatic nitrogens is 1. The Balaban J connectivity index is 1.61. The molecule has 1 heterocycles. The van der Waals surface area contributed by atoms with E-state index < -0.39 is 5.60 Å². The highest BCUT2D eigenvalue weighted by molar-refractivity contribution is 5.90. The zero-order valence-electron chi connectivity index (χ0n) is 18.0. The number of aryl methyl sites for hydroxylation is 1. The maximum atomic E-state index is 14.7. The van der Waals surface area contributed by atoms with E-state index in [4.69, 9.17) is 6.57 Å². The molecule has 4 nitrogen and oxygen atoms in total. The highest BCUT2D eigenvalue weighted by Gasteiger charge is 2.31.